The van der Waals surface area contributed by atoms with Gasteiger partial charge in [-0.25, -0.2) is 9.78 Å². The summed E-state index contributed by atoms with van der Waals surface area (Å²) in [5.41, 5.74) is 3.30. The molecule has 2 saturated heterocycles. The number of piperidine rings is 1. The van der Waals surface area contributed by atoms with Crippen LogP contribution in [0.15, 0.2) is 47.7 Å². The number of esters is 1. The average Bonchev–Trinajstić information content (AvgIpc) is 3.87. The fraction of sp³-hybridized carbons (Fsp3) is 0.691. The van der Waals surface area contributed by atoms with Gasteiger partial charge >= 0.3 is 5.97 Å². The summed E-state index contributed by atoms with van der Waals surface area (Å²) in [6.45, 7) is 11.5. The quantitative estimate of drug-likeness (QED) is 0.110. The molecule has 400 valence electrons. The lowest BCUT2D eigenvalue weighted by molar-refractivity contribution is -0.302. The molecule has 6 rings (SSSR count). The predicted molar refractivity (Wildman–Crippen MR) is 268 cm³/mol. The molecule has 14 atom stereocenters. The van der Waals surface area contributed by atoms with Gasteiger partial charge in [0.2, 0.25) is 5.79 Å². The molecule has 3 aliphatic heterocycles. The zero-order chi connectivity index (χ0) is 52.4. The lowest BCUT2D eigenvalue weighted by atomic mass is 9.81. The molecule has 0 spiro atoms. The Balaban J connectivity index is 1.25. The number of hydrogen-bond acceptors (Lipinski definition) is 15. The molecule has 72 heavy (non-hydrogen) atoms. The van der Waals surface area contributed by atoms with Gasteiger partial charge in [-0.2, -0.15) is 0 Å². The SMILES string of the molecule is CC[C@@H]1/C=C(\C)C[C@H](C)CC(OC)[C@H]2O[C@@](O)(C(=O)C(=O)N3CCCC[C@H]3C(=O)O[C@H](C(C)=C[C@@H]3CC[C@@H](OCc4ncc(-c5cc(OC)cc(OC)c5)[nH]4)C(OC)C3)[C@H](C)C(O)CC1=O)[C@H](C)C[C@@H]2OC. The van der Waals surface area contributed by atoms with Crippen LogP contribution < -0.4 is 9.47 Å². The molecule has 3 unspecified atom stereocenters. The van der Waals surface area contributed by atoms with Crippen LogP contribution in [0.1, 0.15) is 118 Å². The van der Waals surface area contributed by atoms with Crippen molar-refractivity contribution in [3.8, 4) is 22.8 Å². The number of Topliss-reactive ketones (excluding diaryl/α,β-unsaturated/α-hetero) is 2. The molecule has 2 bridgehead atoms. The molecule has 3 fully saturated rings. The second-order valence-corrected chi connectivity index (χ2v) is 20.8. The fourth-order valence-corrected chi connectivity index (χ4v) is 11.3. The highest BCUT2D eigenvalue weighted by Crippen LogP contribution is 2.40. The summed E-state index contributed by atoms with van der Waals surface area (Å²) in [5.74, 6) is -5.69. The number of carbonyl (C=O) groups is 4. The first-order valence-electron chi connectivity index (χ1n) is 25.9. The van der Waals surface area contributed by atoms with E-state index in [1.807, 2.05) is 39.0 Å². The highest BCUT2D eigenvalue weighted by molar-refractivity contribution is 6.39. The van der Waals surface area contributed by atoms with E-state index >= 15 is 0 Å². The Kier molecular flexibility index (Phi) is 20.2. The maximum Gasteiger partial charge on any atom is 0.329 e. The summed E-state index contributed by atoms with van der Waals surface area (Å²) in [4.78, 5) is 66.6. The lowest BCUT2D eigenvalue weighted by Crippen LogP contribution is -2.64. The number of carbonyl (C=O) groups excluding carboxylic acids is 4. The number of imidazole rings is 1. The van der Waals surface area contributed by atoms with Gasteiger partial charge in [0.1, 0.15) is 48.0 Å². The van der Waals surface area contributed by atoms with Crippen molar-refractivity contribution in [3.05, 3.63) is 53.5 Å². The monoisotopic (exact) mass is 1010 g/mol. The molecule has 1 aromatic heterocycles. The molecular weight excluding hydrogens is 927 g/mol. The number of ketones is 2. The molecule has 0 radical (unpaired) electrons. The topological polar surface area (TPSA) is 214 Å². The third kappa shape index (κ3) is 13.4. The van der Waals surface area contributed by atoms with Crippen molar-refractivity contribution in [1.29, 1.82) is 0 Å². The molecule has 1 aliphatic carbocycles. The summed E-state index contributed by atoms with van der Waals surface area (Å²) in [5, 5.41) is 24.1. The summed E-state index contributed by atoms with van der Waals surface area (Å²) >= 11 is 0. The van der Waals surface area contributed by atoms with E-state index in [2.05, 4.69) is 23.0 Å². The standard InChI is InChI=1S/C55H81N3O14/c1-12-37-20-31(2)19-32(3)21-47(68-10)51-48(69-11)23-34(5)55(64,72-51)52(61)53(62)58-18-14-13-15-42(58)54(63)71-50(35(6)43(59)28-44(37)60)33(4)22-36-16-17-45(46(24-36)67-9)70-30-49-56-29-41(57-49)38-25-39(65-7)27-40(26-38)66-8/h20,22,25-27,29,32,34-37,42-43,45-48,50-51,59,64H,12-19,21,23-24,28,30H2,1-11H3,(H,56,57)/b31-20+,33-22?/t32-,34+,35+,36-,37+,42-,43?,45+,46?,47?,48-,50+,51+,55+/m0/s1. The Morgan fingerprint density at radius 2 is 1.57 bits per heavy atom. The van der Waals surface area contributed by atoms with Gasteiger partial charge in [-0.3, -0.25) is 14.4 Å². The van der Waals surface area contributed by atoms with Crippen LogP contribution in [0.25, 0.3) is 11.3 Å². The van der Waals surface area contributed by atoms with Crippen LogP contribution in [0.5, 0.6) is 11.5 Å². The van der Waals surface area contributed by atoms with Crippen LogP contribution >= 0.6 is 0 Å². The fourth-order valence-electron chi connectivity index (χ4n) is 11.3. The number of nitrogens with one attached hydrogen (secondary N) is 1. The number of hydrogen-bond donors (Lipinski definition) is 3. The number of cyclic esters (lactones) is 1. The first-order valence-corrected chi connectivity index (χ1v) is 25.9. The zero-order valence-corrected chi connectivity index (χ0v) is 44.3. The molecule has 17 heteroatoms. The number of H-pyrrole nitrogens is 1. The second-order valence-electron chi connectivity index (χ2n) is 20.8. The van der Waals surface area contributed by atoms with E-state index in [-0.39, 0.29) is 62.2 Å². The minimum atomic E-state index is -2.52. The van der Waals surface area contributed by atoms with E-state index in [1.165, 1.54) is 19.1 Å². The Morgan fingerprint density at radius 1 is 0.889 bits per heavy atom. The van der Waals surface area contributed by atoms with Gasteiger partial charge in [0.05, 0.1) is 56.6 Å². The van der Waals surface area contributed by atoms with Crippen LogP contribution in [0.4, 0.5) is 0 Å². The van der Waals surface area contributed by atoms with Crippen molar-refractivity contribution < 1.29 is 67.3 Å². The van der Waals surface area contributed by atoms with E-state index < -0.39 is 77.8 Å². The Morgan fingerprint density at radius 3 is 2.22 bits per heavy atom. The van der Waals surface area contributed by atoms with Crippen molar-refractivity contribution in [3.63, 3.8) is 0 Å². The maximum atomic E-state index is 14.6. The van der Waals surface area contributed by atoms with Gasteiger partial charge in [-0.05, 0) is 108 Å². The molecule has 17 nitrogen and oxygen atoms in total. The number of aromatic amines is 1. The highest BCUT2D eigenvalue weighted by Gasteiger charge is 2.56. The normalized spacial score (nSPS) is 34.8. The molecule has 3 N–H and O–H groups in total. The third-order valence-electron chi connectivity index (χ3n) is 15.6. The number of aromatic nitrogens is 2. The number of aliphatic hydroxyl groups is 2. The summed E-state index contributed by atoms with van der Waals surface area (Å²) in [6.07, 6.45) is 5.94. The van der Waals surface area contributed by atoms with E-state index in [9.17, 15) is 29.4 Å². The van der Waals surface area contributed by atoms with Crippen molar-refractivity contribution in [1.82, 2.24) is 14.9 Å². The van der Waals surface area contributed by atoms with E-state index in [0.29, 0.717) is 67.8 Å². The van der Waals surface area contributed by atoms with Gasteiger partial charge in [-0.1, -0.05) is 45.4 Å². The van der Waals surface area contributed by atoms with Crippen LogP contribution in [0.3, 0.4) is 0 Å². The zero-order valence-electron chi connectivity index (χ0n) is 44.3. The Labute approximate surface area is 425 Å². The highest BCUT2D eigenvalue weighted by atomic mass is 16.7. The number of ether oxygens (including phenoxy) is 8. The minimum absolute atomic E-state index is 0.0194. The van der Waals surface area contributed by atoms with E-state index in [1.54, 1.807) is 47.4 Å². The molecular formula is C55H81N3O14. The number of fused-ring (bicyclic) bond motifs is 3. The van der Waals surface area contributed by atoms with Crippen molar-refractivity contribution in [2.24, 2.45) is 29.6 Å². The number of amides is 1. The largest absolute Gasteiger partial charge is 0.497 e. The van der Waals surface area contributed by atoms with Crippen molar-refractivity contribution >= 4 is 23.4 Å². The first-order chi connectivity index (χ1) is 34.4. The van der Waals surface area contributed by atoms with Crippen LogP contribution in [0, 0.1) is 29.6 Å². The summed E-state index contributed by atoms with van der Waals surface area (Å²) in [7, 11) is 7.93. The molecule has 2 aromatic rings. The van der Waals surface area contributed by atoms with Crippen molar-refractivity contribution in [2.45, 2.75) is 173 Å². The number of methoxy groups -OCH3 is 5. The van der Waals surface area contributed by atoms with Crippen LogP contribution in [-0.4, -0.2) is 145 Å². The second kappa shape index (κ2) is 25.6. The Bertz CT molecular complexity index is 2200. The van der Waals surface area contributed by atoms with Gasteiger partial charge in [0.15, 0.2) is 0 Å². The van der Waals surface area contributed by atoms with Gasteiger partial charge in [0.25, 0.3) is 11.7 Å². The van der Waals surface area contributed by atoms with E-state index in [4.69, 9.17) is 37.9 Å². The molecule has 1 saturated carbocycles. The summed E-state index contributed by atoms with van der Waals surface area (Å²) in [6, 6.07) is 4.44. The number of allylic oxidation sites excluding steroid dienone is 3. The minimum Gasteiger partial charge on any atom is -0.497 e. The number of benzene rings is 1. The molecule has 1 amide bonds. The number of rotatable bonds is 12. The van der Waals surface area contributed by atoms with Crippen molar-refractivity contribution in [2.75, 3.05) is 42.1 Å². The summed E-state index contributed by atoms with van der Waals surface area (Å²) < 4.78 is 47.8. The van der Waals surface area contributed by atoms with Gasteiger partial charge in [0, 0.05) is 63.7 Å². The average molecular weight is 1010 g/mol. The smallest absolute Gasteiger partial charge is 0.329 e. The molecule has 1 aromatic carbocycles. The predicted octanol–water partition coefficient (Wildman–Crippen LogP) is 7.10. The molecule has 4 heterocycles. The van der Waals surface area contributed by atoms with E-state index in [0.717, 1.165) is 23.3 Å². The third-order valence-corrected chi connectivity index (χ3v) is 15.6. The Hall–Kier alpha value is -4.49. The number of aliphatic hydroxyl groups excluding tert-OH is 1. The van der Waals surface area contributed by atoms with Crippen LogP contribution in [0.2, 0.25) is 0 Å². The maximum absolute atomic E-state index is 14.6. The van der Waals surface area contributed by atoms with Gasteiger partial charge in [-0.15, -0.1) is 0 Å². The molecule has 4 aliphatic rings. The number of nitrogens with zero attached hydrogens (tertiary/aromatic N) is 2. The van der Waals surface area contributed by atoms with Gasteiger partial charge < -0.3 is 58.0 Å². The lowest BCUT2D eigenvalue weighted by Gasteiger charge is -2.47. The first kappa shape index (κ1) is 56.8. The van der Waals surface area contributed by atoms with Crippen LogP contribution in [-0.2, 0) is 54.2 Å².